The van der Waals surface area contributed by atoms with Crippen molar-refractivity contribution in [3.8, 4) is 0 Å². The summed E-state index contributed by atoms with van der Waals surface area (Å²) in [5, 5.41) is 3.58. The summed E-state index contributed by atoms with van der Waals surface area (Å²) in [6.07, 6.45) is 1.69. The number of hydrogen-bond donors (Lipinski definition) is 1. The molecule has 0 aliphatic rings. The van der Waals surface area contributed by atoms with E-state index in [1.165, 1.54) is 0 Å². The molecule has 0 unspecified atom stereocenters. The normalized spacial score (nSPS) is 11.7. The molecule has 0 aliphatic carbocycles. The van der Waals surface area contributed by atoms with Crippen LogP contribution in [0, 0.1) is 6.92 Å². The second-order valence-corrected chi connectivity index (χ2v) is 7.46. The number of benzene rings is 2. The fraction of sp³-hybridized carbons (Fsp3) is 0.391. The molecule has 4 nitrogen and oxygen atoms in total. The van der Waals surface area contributed by atoms with Crippen LogP contribution in [0.3, 0.4) is 0 Å². The van der Waals surface area contributed by atoms with Crippen molar-refractivity contribution in [2.24, 2.45) is 0 Å². The van der Waals surface area contributed by atoms with Gasteiger partial charge in [0.2, 0.25) is 11.8 Å². The lowest BCUT2D eigenvalue weighted by atomic mass is 10.1. The van der Waals surface area contributed by atoms with Gasteiger partial charge in [0.1, 0.15) is 6.04 Å². The molecule has 2 rings (SSSR count). The number of rotatable bonds is 9. The zero-order chi connectivity index (χ0) is 20.5. The number of aryl methyl sites for hydroxylation is 1. The van der Waals surface area contributed by atoms with Crippen LogP contribution in [0.4, 0.5) is 0 Å². The summed E-state index contributed by atoms with van der Waals surface area (Å²) in [6.45, 7) is 6.94. The minimum absolute atomic E-state index is 0.0581. The predicted octanol–water partition coefficient (Wildman–Crippen LogP) is 4.52. The molecule has 0 saturated carbocycles. The molecule has 2 aromatic rings. The molecule has 0 aliphatic heterocycles. The number of hydrogen-bond acceptors (Lipinski definition) is 2. The lowest BCUT2D eigenvalue weighted by Crippen LogP contribution is -2.49. The highest BCUT2D eigenvalue weighted by Crippen LogP contribution is 2.17. The summed E-state index contributed by atoms with van der Waals surface area (Å²) in [4.78, 5) is 27.6. The fourth-order valence-electron chi connectivity index (χ4n) is 3.05. The summed E-state index contributed by atoms with van der Waals surface area (Å²) in [5.74, 6) is -0.159. The number of amides is 2. The van der Waals surface area contributed by atoms with Gasteiger partial charge in [0, 0.05) is 18.1 Å². The second kappa shape index (κ2) is 10.9. The highest BCUT2D eigenvalue weighted by Gasteiger charge is 2.28. The minimum Gasteiger partial charge on any atom is -0.354 e. The molecule has 0 fully saturated rings. The van der Waals surface area contributed by atoms with Crippen molar-refractivity contribution >= 4 is 23.4 Å². The number of nitrogens with one attached hydrogen (secondary N) is 1. The van der Waals surface area contributed by atoms with E-state index in [1.54, 1.807) is 17.0 Å². The minimum atomic E-state index is -0.500. The molecule has 0 heterocycles. The number of carbonyl (C=O) groups excluding carboxylic acids is 2. The summed E-state index contributed by atoms with van der Waals surface area (Å²) >= 11 is 5.98. The molecule has 2 amide bonds. The third kappa shape index (κ3) is 6.38. The van der Waals surface area contributed by atoms with Crippen molar-refractivity contribution in [1.29, 1.82) is 0 Å². The Hall–Kier alpha value is -2.33. The largest absolute Gasteiger partial charge is 0.354 e. The van der Waals surface area contributed by atoms with Gasteiger partial charge in [-0.15, -0.1) is 0 Å². The van der Waals surface area contributed by atoms with E-state index in [1.807, 2.05) is 57.2 Å². The molecule has 5 heteroatoms. The first kappa shape index (κ1) is 22.0. The topological polar surface area (TPSA) is 49.4 Å². The van der Waals surface area contributed by atoms with Crippen molar-refractivity contribution in [2.75, 3.05) is 6.54 Å². The maximum atomic E-state index is 13.2. The zero-order valence-corrected chi connectivity index (χ0v) is 17.6. The van der Waals surface area contributed by atoms with Gasteiger partial charge >= 0.3 is 0 Å². The molecule has 28 heavy (non-hydrogen) atoms. The molecule has 0 bridgehead atoms. The van der Waals surface area contributed by atoms with E-state index < -0.39 is 6.04 Å². The standard InChI is InChI=1S/C23H29ClN2O2/c1-4-14-25-23(28)21(5-2)26(16-19-10-12-20(24)13-11-19)22(27)15-18-8-6-17(3)7-9-18/h6-13,21H,4-5,14-16H2,1-3H3,(H,25,28)/t21-/m1/s1. The van der Waals surface area contributed by atoms with Gasteiger partial charge in [0.05, 0.1) is 6.42 Å². The van der Waals surface area contributed by atoms with Gasteiger partial charge in [-0.2, -0.15) is 0 Å². The molecule has 150 valence electrons. The highest BCUT2D eigenvalue weighted by molar-refractivity contribution is 6.30. The van der Waals surface area contributed by atoms with Crippen LogP contribution in [-0.4, -0.2) is 29.3 Å². The third-order valence-electron chi connectivity index (χ3n) is 4.68. The summed E-state index contributed by atoms with van der Waals surface area (Å²) in [7, 11) is 0. The van der Waals surface area contributed by atoms with Gasteiger partial charge in [0.25, 0.3) is 0 Å². The van der Waals surface area contributed by atoms with Gasteiger partial charge in [-0.05, 0) is 43.0 Å². The highest BCUT2D eigenvalue weighted by atomic mass is 35.5. The SMILES string of the molecule is CCCNC(=O)[C@@H](CC)N(Cc1ccc(Cl)cc1)C(=O)Cc1ccc(C)cc1. The lowest BCUT2D eigenvalue weighted by Gasteiger charge is -2.31. The molecule has 0 saturated heterocycles. The monoisotopic (exact) mass is 400 g/mol. The predicted molar refractivity (Wildman–Crippen MR) is 114 cm³/mol. The smallest absolute Gasteiger partial charge is 0.242 e. The zero-order valence-electron chi connectivity index (χ0n) is 16.9. The summed E-state index contributed by atoms with van der Waals surface area (Å²) in [5.41, 5.74) is 3.04. The van der Waals surface area contributed by atoms with E-state index in [4.69, 9.17) is 11.6 Å². The van der Waals surface area contributed by atoms with Crippen molar-refractivity contribution in [3.05, 3.63) is 70.2 Å². The average Bonchev–Trinajstić information content (AvgIpc) is 2.69. The van der Waals surface area contributed by atoms with Crippen molar-refractivity contribution in [1.82, 2.24) is 10.2 Å². The van der Waals surface area contributed by atoms with Gasteiger partial charge < -0.3 is 10.2 Å². The van der Waals surface area contributed by atoms with E-state index in [-0.39, 0.29) is 18.2 Å². The Morgan fingerprint density at radius 3 is 2.18 bits per heavy atom. The molecule has 1 atom stereocenters. The van der Waals surface area contributed by atoms with E-state index in [2.05, 4.69) is 5.32 Å². The van der Waals surface area contributed by atoms with Gasteiger partial charge in [-0.3, -0.25) is 9.59 Å². The van der Waals surface area contributed by atoms with Gasteiger partial charge in [-0.1, -0.05) is 67.4 Å². The summed E-state index contributed by atoms with van der Waals surface area (Å²) < 4.78 is 0. The van der Waals surface area contributed by atoms with E-state index in [0.29, 0.717) is 24.5 Å². The Balaban J connectivity index is 2.24. The van der Waals surface area contributed by atoms with Crippen LogP contribution in [-0.2, 0) is 22.6 Å². The first-order valence-corrected chi connectivity index (χ1v) is 10.2. The van der Waals surface area contributed by atoms with E-state index >= 15 is 0 Å². The molecule has 0 radical (unpaired) electrons. The van der Waals surface area contributed by atoms with Crippen molar-refractivity contribution in [3.63, 3.8) is 0 Å². The fourth-order valence-corrected chi connectivity index (χ4v) is 3.18. The lowest BCUT2D eigenvalue weighted by molar-refractivity contribution is -0.140. The first-order valence-electron chi connectivity index (χ1n) is 9.81. The first-order chi connectivity index (χ1) is 13.4. The van der Waals surface area contributed by atoms with Crippen LogP contribution in [0.5, 0.6) is 0 Å². The Morgan fingerprint density at radius 2 is 1.61 bits per heavy atom. The third-order valence-corrected chi connectivity index (χ3v) is 4.93. The summed E-state index contributed by atoms with van der Waals surface area (Å²) in [6, 6.07) is 14.8. The van der Waals surface area contributed by atoms with Crippen LogP contribution in [0.1, 0.15) is 43.4 Å². The van der Waals surface area contributed by atoms with Crippen molar-refractivity contribution in [2.45, 2.75) is 52.6 Å². The molecule has 0 aromatic heterocycles. The van der Waals surface area contributed by atoms with Crippen LogP contribution >= 0.6 is 11.6 Å². The maximum Gasteiger partial charge on any atom is 0.242 e. The van der Waals surface area contributed by atoms with Crippen LogP contribution in [0.25, 0.3) is 0 Å². The Kier molecular flexibility index (Phi) is 8.52. The molecule has 0 spiro atoms. The Bertz CT molecular complexity index is 772. The van der Waals surface area contributed by atoms with Crippen molar-refractivity contribution < 1.29 is 9.59 Å². The van der Waals surface area contributed by atoms with Gasteiger partial charge in [0.15, 0.2) is 0 Å². The molecular formula is C23H29ClN2O2. The second-order valence-electron chi connectivity index (χ2n) is 7.03. The van der Waals surface area contributed by atoms with Crippen LogP contribution < -0.4 is 5.32 Å². The molecular weight excluding hydrogens is 372 g/mol. The quantitative estimate of drug-likeness (QED) is 0.672. The Labute approximate surface area is 172 Å². The van der Waals surface area contributed by atoms with E-state index in [9.17, 15) is 9.59 Å². The average molecular weight is 401 g/mol. The van der Waals surface area contributed by atoms with Gasteiger partial charge in [-0.25, -0.2) is 0 Å². The number of nitrogens with zero attached hydrogens (tertiary/aromatic N) is 1. The van der Waals surface area contributed by atoms with E-state index in [0.717, 1.165) is 23.1 Å². The number of halogens is 1. The van der Waals surface area contributed by atoms with Crippen LogP contribution in [0.2, 0.25) is 5.02 Å². The molecule has 1 N–H and O–H groups in total. The van der Waals surface area contributed by atoms with Crippen LogP contribution in [0.15, 0.2) is 48.5 Å². The Morgan fingerprint density at radius 1 is 1.00 bits per heavy atom. The maximum absolute atomic E-state index is 13.2. The molecule has 2 aromatic carbocycles. The number of carbonyl (C=O) groups is 2.